The molecule has 142 valence electrons. The number of aromatic nitrogens is 1. The quantitative estimate of drug-likeness (QED) is 0.811. The van der Waals surface area contributed by atoms with Crippen molar-refractivity contribution in [3.63, 3.8) is 0 Å². The second-order valence-electron chi connectivity index (χ2n) is 7.01. The summed E-state index contributed by atoms with van der Waals surface area (Å²) in [5.41, 5.74) is 4.01. The monoisotopic (exact) mass is 384 g/mol. The average Bonchev–Trinajstić information content (AvgIpc) is 3.20. The van der Waals surface area contributed by atoms with Gasteiger partial charge in [-0.3, -0.25) is 4.90 Å². The Hall–Kier alpha value is -2.38. The van der Waals surface area contributed by atoms with Crippen molar-refractivity contribution >= 4 is 17.4 Å². The Morgan fingerprint density at radius 3 is 2.89 bits per heavy atom. The molecule has 3 heterocycles. The number of nitrogens with zero attached hydrogens (tertiary/aromatic N) is 4. The van der Waals surface area contributed by atoms with E-state index in [1.807, 2.05) is 16.3 Å². The Balaban J connectivity index is 1.37. The van der Waals surface area contributed by atoms with E-state index < -0.39 is 0 Å². The van der Waals surface area contributed by atoms with Gasteiger partial charge in [0.25, 0.3) is 0 Å². The van der Waals surface area contributed by atoms with Crippen LogP contribution in [0.2, 0.25) is 0 Å². The van der Waals surface area contributed by atoms with E-state index in [0.717, 1.165) is 31.2 Å². The molecule has 0 bridgehead atoms. The minimum absolute atomic E-state index is 0.249. The van der Waals surface area contributed by atoms with Crippen LogP contribution in [-0.4, -0.2) is 59.1 Å². The van der Waals surface area contributed by atoms with Crippen molar-refractivity contribution in [2.75, 3.05) is 33.4 Å². The number of amides is 1. The maximum atomic E-state index is 12.5. The third-order valence-corrected chi connectivity index (χ3v) is 5.76. The minimum atomic E-state index is -0.250. The molecule has 0 saturated heterocycles. The summed E-state index contributed by atoms with van der Waals surface area (Å²) in [7, 11) is 2.14. The fourth-order valence-corrected chi connectivity index (χ4v) is 4.30. The van der Waals surface area contributed by atoms with Crippen LogP contribution >= 0.6 is 11.3 Å². The molecule has 1 amide bonds. The Morgan fingerprint density at radius 1 is 1.26 bits per heavy atom. The van der Waals surface area contributed by atoms with Crippen molar-refractivity contribution in [2.45, 2.75) is 19.6 Å². The van der Waals surface area contributed by atoms with E-state index in [1.54, 1.807) is 6.20 Å². The number of benzene rings is 1. The van der Waals surface area contributed by atoms with Gasteiger partial charge in [0.2, 0.25) is 0 Å². The SMILES string of the molecule is CN1CN(Cc2ccccc2)CC2=C1CCN(C(=O)OCc1nccs1)C2. The Kier molecular flexibility index (Phi) is 5.40. The molecule has 6 nitrogen and oxygen atoms in total. The van der Waals surface area contributed by atoms with E-state index in [1.165, 1.54) is 28.2 Å². The van der Waals surface area contributed by atoms with Crippen molar-refractivity contribution in [1.29, 1.82) is 0 Å². The van der Waals surface area contributed by atoms with Crippen molar-refractivity contribution in [3.05, 3.63) is 63.7 Å². The summed E-state index contributed by atoms with van der Waals surface area (Å²) in [6.45, 7) is 4.32. The number of carbonyl (C=O) groups excluding carboxylic acids is 1. The molecule has 2 aliphatic heterocycles. The minimum Gasteiger partial charge on any atom is -0.442 e. The fourth-order valence-electron chi connectivity index (χ4n) is 3.77. The first-order valence-corrected chi connectivity index (χ1v) is 10.1. The third-order valence-electron chi connectivity index (χ3n) is 5.01. The van der Waals surface area contributed by atoms with Gasteiger partial charge in [-0.1, -0.05) is 30.3 Å². The summed E-state index contributed by atoms with van der Waals surface area (Å²) in [6, 6.07) is 10.5. The Bertz CT molecular complexity index is 807. The van der Waals surface area contributed by atoms with E-state index in [2.05, 4.69) is 46.1 Å². The average molecular weight is 385 g/mol. The van der Waals surface area contributed by atoms with Crippen molar-refractivity contribution < 1.29 is 9.53 Å². The van der Waals surface area contributed by atoms with Gasteiger partial charge < -0.3 is 14.5 Å². The van der Waals surface area contributed by atoms with E-state index in [-0.39, 0.29) is 12.7 Å². The molecule has 1 aromatic carbocycles. The summed E-state index contributed by atoms with van der Waals surface area (Å²) in [4.78, 5) is 23.2. The molecule has 0 atom stereocenters. The molecule has 0 unspecified atom stereocenters. The van der Waals surface area contributed by atoms with Crippen LogP contribution in [0.1, 0.15) is 17.0 Å². The van der Waals surface area contributed by atoms with E-state index in [4.69, 9.17) is 4.74 Å². The molecule has 0 fully saturated rings. The van der Waals surface area contributed by atoms with Gasteiger partial charge in [-0.2, -0.15) is 0 Å². The van der Waals surface area contributed by atoms with E-state index >= 15 is 0 Å². The molecule has 0 saturated carbocycles. The molecule has 2 aromatic rings. The van der Waals surface area contributed by atoms with Crippen LogP contribution in [-0.2, 0) is 17.9 Å². The van der Waals surface area contributed by atoms with Gasteiger partial charge in [-0.15, -0.1) is 11.3 Å². The molecule has 1 aromatic heterocycles. The molecule has 0 N–H and O–H groups in total. The van der Waals surface area contributed by atoms with Gasteiger partial charge in [-0.25, -0.2) is 9.78 Å². The lowest BCUT2D eigenvalue weighted by atomic mass is 10.0. The number of thiazole rings is 1. The highest BCUT2D eigenvalue weighted by Crippen LogP contribution is 2.27. The number of rotatable bonds is 4. The van der Waals surface area contributed by atoms with Crippen molar-refractivity contribution in [1.82, 2.24) is 19.7 Å². The van der Waals surface area contributed by atoms with Crippen molar-refractivity contribution in [3.8, 4) is 0 Å². The summed E-state index contributed by atoms with van der Waals surface area (Å²) in [6.07, 6.45) is 2.36. The Morgan fingerprint density at radius 2 is 2.11 bits per heavy atom. The maximum absolute atomic E-state index is 12.5. The fraction of sp³-hybridized carbons (Fsp3) is 0.400. The van der Waals surface area contributed by atoms with Crippen LogP contribution in [0.3, 0.4) is 0 Å². The lowest BCUT2D eigenvalue weighted by Crippen LogP contribution is -2.48. The molecule has 27 heavy (non-hydrogen) atoms. The summed E-state index contributed by atoms with van der Waals surface area (Å²) < 4.78 is 5.44. The normalized spacial score (nSPS) is 17.8. The summed E-state index contributed by atoms with van der Waals surface area (Å²) in [5, 5.41) is 2.71. The van der Waals surface area contributed by atoms with Gasteiger partial charge in [0, 0.05) is 56.9 Å². The zero-order valence-corrected chi connectivity index (χ0v) is 16.3. The number of carbonyl (C=O) groups is 1. The summed E-state index contributed by atoms with van der Waals surface area (Å²) >= 11 is 1.50. The van der Waals surface area contributed by atoms with Crippen LogP contribution in [0.15, 0.2) is 53.2 Å². The Labute approximate surface area is 163 Å². The molecule has 4 rings (SSSR count). The highest BCUT2D eigenvalue weighted by molar-refractivity contribution is 7.09. The summed E-state index contributed by atoms with van der Waals surface area (Å²) in [5.74, 6) is 0. The van der Waals surface area contributed by atoms with Crippen LogP contribution in [0.4, 0.5) is 4.79 Å². The first-order chi connectivity index (χ1) is 13.2. The smallest absolute Gasteiger partial charge is 0.410 e. The van der Waals surface area contributed by atoms with Crippen LogP contribution in [0.25, 0.3) is 0 Å². The second-order valence-corrected chi connectivity index (χ2v) is 7.99. The third kappa shape index (κ3) is 4.31. The maximum Gasteiger partial charge on any atom is 0.410 e. The molecular weight excluding hydrogens is 360 g/mol. The zero-order valence-electron chi connectivity index (χ0n) is 15.5. The van der Waals surface area contributed by atoms with E-state index in [9.17, 15) is 4.79 Å². The molecule has 0 aliphatic carbocycles. The number of hydrogen-bond acceptors (Lipinski definition) is 6. The topological polar surface area (TPSA) is 48.9 Å². The van der Waals surface area contributed by atoms with Gasteiger partial charge in [0.05, 0.1) is 6.67 Å². The molecule has 0 radical (unpaired) electrons. The van der Waals surface area contributed by atoms with Gasteiger partial charge in [0.15, 0.2) is 0 Å². The zero-order chi connectivity index (χ0) is 18.6. The lowest BCUT2D eigenvalue weighted by molar-refractivity contribution is 0.0871. The predicted octanol–water partition coefficient (Wildman–Crippen LogP) is 3.14. The molecular formula is C20H24N4O2S. The standard InChI is InChI=1S/C20H24N4O2S/c1-22-15-23(11-16-5-3-2-4-6-16)12-17-13-24(9-7-18(17)22)20(25)26-14-19-21-8-10-27-19/h2-6,8,10H,7,9,11-15H2,1H3. The largest absolute Gasteiger partial charge is 0.442 e. The first kappa shape index (κ1) is 18.0. The number of hydrogen-bond donors (Lipinski definition) is 0. The van der Waals surface area contributed by atoms with Crippen LogP contribution in [0, 0.1) is 0 Å². The molecule has 7 heteroatoms. The highest BCUT2D eigenvalue weighted by Gasteiger charge is 2.30. The van der Waals surface area contributed by atoms with Crippen molar-refractivity contribution in [2.24, 2.45) is 0 Å². The highest BCUT2D eigenvalue weighted by atomic mass is 32.1. The first-order valence-electron chi connectivity index (χ1n) is 9.17. The molecule has 2 aliphatic rings. The van der Waals surface area contributed by atoms with E-state index in [0.29, 0.717) is 13.1 Å². The predicted molar refractivity (Wildman–Crippen MR) is 105 cm³/mol. The van der Waals surface area contributed by atoms with Gasteiger partial charge in [-0.05, 0) is 11.1 Å². The van der Waals surface area contributed by atoms with Crippen LogP contribution < -0.4 is 0 Å². The second kappa shape index (κ2) is 8.10. The van der Waals surface area contributed by atoms with Gasteiger partial charge in [0.1, 0.15) is 11.6 Å². The molecule has 0 spiro atoms. The van der Waals surface area contributed by atoms with Crippen LogP contribution in [0.5, 0.6) is 0 Å². The number of ether oxygens (including phenoxy) is 1. The van der Waals surface area contributed by atoms with Gasteiger partial charge >= 0.3 is 6.09 Å². The lowest BCUT2D eigenvalue weighted by Gasteiger charge is -2.42.